The zero-order chi connectivity index (χ0) is 23.4. The number of nitrogens with zero attached hydrogens (tertiary/aromatic N) is 2. The summed E-state index contributed by atoms with van der Waals surface area (Å²) < 4.78 is 0. The van der Waals surface area contributed by atoms with E-state index >= 15 is 0 Å². The lowest BCUT2D eigenvalue weighted by atomic mass is 9.85. The number of carbonyl (C=O) groups is 2. The van der Waals surface area contributed by atoms with Crippen LogP contribution in [0.2, 0.25) is 0 Å². The van der Waals surface area contributed by atoms with E-state index in [1.807, 2.05) is 49.4 Å². The van der Waals surface area contributed by atoms with Crippen LogP contribution in [0.1, 0.15) is 57.4 Å². The van der Waals surface area contributed by atoms with Crippen LogP contribution in [0.3, 0.4) is 0 Å². The molecule has 166 valence electrons. The molecule has 1 amide bonds. The highest BCUT2D eigenvalue weighted by atomic mass is 16.3. The van der Waals surface area contributed by atoms with Crippen molar-refractivity contribution in [3.63, 3.8) is 0 Å². The lowest BCUT2D eigenvalue weighted by molar-refractivity contribution is -0.119. The minimum atomic E-state index is -0.756. The molecule has 2 heterocycles. The van der Waals surface area contributed by atoms with Crippen molar-refractivity contribution < 1.29 is 14.7 Å². The van der Waals surface area contributed by atoms with Gasteiger partial charge in [-0.1, -0.05) is 65.0 Å². The Labute approximate surface area is 188 Å². The maximum absolute atomic E-state index is 13.2. The predicted molar refractivity (Wildman–Crippen MR) is 126 cm³/mol. The van der Waals surface area contributed by atoms with Crippen LogP contribution >= 0.6 is 0 Å². The maximum atomic E-state index is 13.2. The van der Waals surface area contributed by atoms with Gasteiger partial charge in [0.05, 0.1) is 22.6 Å². The molecule has 1 atom stereocenters. The first-order valence-electron chi connectivity index (χ1n) is 10.9. The molecule has 6 nitrogen and oxygen atoms in total. The number of Topliss-reactive ketones (excluding diaryl/α,β-unsaturated/α-hetero) is 1. The van der Waals surface area contributed by atoms with Crippen molar-refractivity contribution in [2.75, 3.05) is 4.90 Å². The van der Waals surface area contributed by atoms with Gasteiger partial charge in [0, 0.05) is 5.92 Å². The number of fused-ring (bicyclic) bond motifs is 1. The Hall–Kier alpha value is -3.41. The highest BCUT2D eigenvalue weighted by Gasteiger charge is 2.46. The van der Waals surface area contributed by atoms with Gasteiger partial charge in [-0.15, -0.1) is 0 Å². The lowest BCUT2D eigenvalue weighted by Crippen LogP contribution is -2.32. The molecule has 2 aromatic carbocycles. The molecule has 2 N–H and O–H groups in total. The smallest absolute Gasteiger partial charge is 0.296 e. The topological polar surface area (TPSA) is 86.3 Å². The third-order valence-electron chi connectivity index (χ3n) is 5.94. The lowest BCUT2D eigenvalue weighted by Gasteiger charge is -2.26. The van der Waals surface area contributed by atoms with Gasteiger partial charge in [-0.3, -0.25) is 14.5 Å². The molecule has 0 radical (unpaired) electrons. The Balaban J connectivity index is 1.87. The zero-order valence-corrected chi connectivity index (χ0v) is 19.4. The monoisotopic (exact) mass is 431 g/mol. The number of anilines is 1. The number of amides is 1. The average molecular weight is 432 g/mol. The highest BCUT2D eigenvalue weighted by Crippen LogP contribution is 2.41. The number of benzene rings is 2. The van der Waals surface area contributed by atoms with Crippen molar-refractivity contribution in [2.24, 2.45) is 5.92 Å². The molecule has 1 aromatic heterocycles. The number of hydrogen-bond donors (Lipinski definition) is 2. The number of carbonyl (C=O) groups excluding carboxylic acids is 2. The fourth-order valence-electron chi connectivity index (χ4n) is 4.09. The number of aromatic nitrogens is 2. The Morgan fingerprint density at radius 2 is 1.78 bits per heavy atom. The quantitative estimate of drug-likeness (QED) is 0.587. The second-order valence-electron chi connectivity index (χ2n) is 9.81. The number of aliphatic hydroxyl groups excluding tert-OH is 1. The van der Waals surface area contributed by atoms with Gasteiger partial charge >= 0.3 is 0 Å². The fraction of sp³-hybridized carbons (Fsp3) is 0.346. The molecule has 32 heavy (non-hydrogen) atoms. The van der Waals surface area contributed by atoms with Crippen LogP contribution in [0.25, 0.3) is 11.0 Å². The number of H-pyrrole nitrogens is 1. The summed E-state index contributed by atoms with van der Waals surface area (Å²) in [6.07, 6.45) is 0. The Morgan fingerprint density at radius 3 is 2.38 bits per heavy atom. The molecular formula is C26H29N3O3. The summed E-state index contributed by atoms with van der Waals surface area (Å²) in [4.78, 5) is 35.5. The van der Waals surface area contributed by atoms with Crippen LogP contribution in [0.4, 0.5) is 5.95 Å². The van der Waals surface area contributed by atoms with Crippen molar-refractivity contribution in [2.45, 2.75) is 53.0 Å². The van der Waals surface area contributed by atoms with Crippen molar-refractivity contribution in [1.29, 1.82) is 0 Å². The van der Waals surface area contributed by atoms with Crippen molar-refractivity contribution in [1.82, 2.24) is 9.97 Å². The molecular weight excluding hydrogens is 402 g/mol. The van der Waals surface area contributed by atoms with Gasteiger partial charge in [0.25, 0.3) is 5.91 Å². The van der Waals surface area contributed by atoms with Gasteiger partial charge in [-0.05, 0) is 41.2 Å². The van der Waals surface area contributed by atoms with E-state index in [9.17, 15) is 14.7 Å². The molecule has 0 spiro atoms. The molecule has 4 rings (SSSR count). The molecule has 0 saturated heterocycles. The Bertz CT molecular complexity index is 1240. The van der Waals surface area contributed by atoms with Gasteiger partial charge in [0.1, 0.15) is 0 Å². The van der Waals surface area contributed by atoms with E-state index in [4.69, 9.17) is 0 Å². The van der Waals surface area contributed by atoms with E-state index in [1.54, 1.807) is 13.8 Å². The first kappa shape index (κ1) is 21.8. The number of aryl methyl sites for hydroxylation is 1. The molecule has 1 aliphatic rings. The van der Waals surface area contributed by atoms with Crippen LogP contribution < -0.4 is 4.90 Å². The maximum Gasteiger partial charge on any atom is 0.296 e. The molecule has 0 aliphatic carbocycles. The van der Waals surface area contributed by atoms with Gasteiger partial charge in [-0.2, -0.15) is 0 Å². The Kier molecular flexibility index (Phi) is 5.19. The van der Waals surface area contributed by atoms with Crippen molar-refractivity contribution in [3.8, 4) is 0 Å². The molecule has 0 bridgehead atoms. The van der Waals surface area contributed by atoms with Crippen molar-refractivity contribution >= 4 is 28.7 Å². The SMILES string of the molecule is Cc1ccc2nc(N3C(=O)C(O)=C(C(=O)C(C)C)C3c3ccc(C(C)(C)C)cc3)[nH]c2c1. The van der Waals surface area contributed by atoms with Gasteiger partial charge in [-0.25, -0.2) is 4.98 Å². The fourth-order valence-corrected chi connectivity index (χ4v) is 4.09. The normalized spacial score (nSPS) is 17.2. The van der Waals surface area contributed by atoms with E-state index in [0.29, 0.717) is 11.5 Å². The summed E-state index contributed by atoms with van der Waals surface area (Å²) in [5.74, 6) is -1.46. The minimum Gasteiger partial charge on any atom is -0.503 e. The van der Waals surface area contributed by atoms with Crippen LogP contribution in [-0.4, -0.2) is 26.8 Å². The van der Waals surface area contributed by atoms with E-state index in [-0.39, 0.29) is 22.7 Å². The minimum absolute atomic E-state index is 0.0329. The molecule has 0 saturated carbocycles. The van der Waals surface area contributed by atoms with Crippen LogP contribution in [0.15, 0.2) is 53.8 Å². The average Bonchev–Trinajstić information content (AvgIpc) is 3.25. The number of aromatic amines is 1. The second-order valence-corrected chi connectivity index (χ2v) is 9.81. The number of rotatable bonds is 4. The first-order valence-corrected chi connectivity index (χ1v) is 10.9. The Morgan fingerprint density at radius 1 is 1.12 bits per heavy atom. The van der Waals surface area contributed by atoms with Gasteiger partial charge in [0.15, 0.2) is 11.5 Å². The summed E-state index contributed by atoms with van der Waals surface area (Å²) in [6.45, 7) is 11.9. The summed E-state index contributed by atoms with van der Waals surface area (Å²) in [5.41, 5.74) is 4.53. The predicted octanol–water partition coefficient (Wildman–Crippen LogP) is 5.29. The third-order valence-corrected chi connectivity index (χ3v) is 5.94. The first-order chi connectivity index (χ1) is 15.0. The molecule has 3 aromatic rings. The van der Waals surface area contributed by atoms with Crippen LogP contribution in [-0.2, 0) is 15.0 Å². The number of aliphatic hydroxyl groups is 1. The summed E-state index contributed by atoms with van der Waals surface area (Å²) in [5, 5.41) is 10.8. The summed E-state index contributed by atoms with van der Waals surface area (Å²) >= 11 is 0. The number of ketones is 1. The van der Waals surface area contributed by atoms with E-state index in [0.717, 1.165) is 22.2 Å². The van der Waals surface area contributed by atoms with E-state index in [1.165, 1.54) is 4.90 Å². The number of nitrogens with one attached hydrogen (secondary N) is 1. The zero-order valence-electron chi connectivity index (χ0n) is 19.4. The van der Waals surface area contributed by atoms with Crippen LogP contribution in [0, 0.1) is 12.8 Å². The molecule has 1 unspecified atom stereocenters. The number of imidazole rings is 1. The second kappa shape index (κ2) is 7.62. The third kappa shape index (κ3) is 3.60. The largest absolute Gasteiger partial charge is 0.503 e. The molecule has 6 heteroatoms. The van der Waals surface area contributed by atoms with E-state index in [2.05, 4.69) is 30.7 Å². The summed E-state index contributed by atoms with van der Waals surface area (Å²) in [6, 6.07) is 12.9. The standard InChI is InChI=1S/C26H29N3O3/c1-14(2)22(30)20-21(16-8-10-17(11-9-16)26(4,5)6)29(24(32)23(20)31)25-27-18-12-7-15(3)13-19(18)28-25/h7-14,21,31H,1-6H3,(H,27,28). The van der Waals surface area contributed by atoms with Crippen molar-refractivity contribution in [3.05, 3.63) is 70.5 Å². The van der Waals surface area contributed by atoms with Crippen LogP contribution in [0.5, 0.6) is 0 Å². The van der Waals surface area contributed by atoms with Gasteiger partial charge in [0.2, 0.25) is 5.95 Å². The molecule has 0 fully saturated rings. The number of hydrogen-bond acceptors (Lipinski definition) is 4. The van der Waals surface area contributed by atoms with E-state index < -0.39 is 17.7 Å². The van der Waals surface area contributed by atoms with Gasteiger partial charge < -0.3 is 10.1 Å². The summed E-state index contributed by atoms with van der Waals surface area (Å²) in [7, 11) is 0. The molecule has 1 aliphatic heterocycles. The highest BCUT2D eigenvalue weighted by molar-refractivity contribution is 6.16.